The highest BCUT2D eigenvalue weighted by Gasteiger charge is 2.37. The number of benzene rings is 3. The SMILES string of the molecule is COc1ccc(N2C(=O)NC(=O)/C(=C\c3cc(Cl)c(OCC(=O)Nc4ccccc4OC)c(OC)c3)C2=O)cc1. The molecule has 0 atom stereocenters. The van der Waals surface area contributed by atoms with E-state index in [9.17, 15) is 19.2 Å². The molecule has 206 valence electrons. The lowest BCUT2D eigenvalue weighted by atomic mass is 10.1. The number of hydrogen-bond donors (Lipinski definition) is 2. The van der Waals surface area contributed by atoms with Gasteiger partial charge in [-0.25, -0.2) is 9.69 Å². The summed E-state index contributed by atoms with van der Waals surface area (Å²) in [6.45, 7) is -0.394. The number of rotatable bonds is 9. The van der Waals surface area contributed by atoms with Crippen LogP contribution < -0.4 is 34.5 Å². The van der Waals surface area contributed by atoms with Crippen LogP contribution in [0.4, 0.5) is 16.2 Å². The average molecular weight is 566 g/mol. The first kappa shape index (κ1) is 28.0. The van der Waals surface area contributed by atoms with Crippen molar-refractivity contribution in [1.29, 1.82) is 0 Å². The van der Waals surface area contributed by atoms with Crippen LogP contribution in [0.15, 0.2) is 66.2 Å². The van der Waals surface area contributed by atoms with Crippen molar-refractivity contribution >= 4 is 52.8 Å². The fourth-order valence-electron chi connectivity index (χ4n) is 3.83. The number of carbonyl (C=O) groups excluding carboxylic acids is 4. The molecule has 0 aromatic heterocycles. The van der Waals surface area contributed by atoms with Gasteiger partial charge in [0, 0.05) is 0 Å². The van der Waals surface area contributed by atoms with Gasteiger partial charge in [-0.3, -0.25) is 19.7 Å². The van der Waals surface area contributed by atoms with Crippen LogP contribution in [0, 0.1) is 0 Å². The molecule has 5 amide bonds. The average Bonchev–Trinajstić information content (AvgIpc) is 2.95. The Labute approximate surface area is 234 Å². The third-order valence-corrected chi connectivity index (χ3v) is 6.00. The highest BCUT2D eigenvalue weighted by Crippen LogP contribution is 2.37. The number of hydrogen-bond acceptors (Lipinski definition) is 8. The zero-order chi connectivity index (χ0) is 28.8. The van der Waals surface area contributed by atoms with Gasteiger partial charge in [0.2, 0.25) is 0 Å². The van der Waals surface area contributed by atoms with E-state index in [4.69, 9.17) is 30.5 Å². The first-order chi connectivity index (χ1) is 19.2. The highest BCUT2D eigenvalue weighted by atomic mass is 35.5. The molecule has 11 nitrogen and oxygen atoms in total. The molecule has 1 aliphatic heterocycles. The quantitative estimate of drug-likeness (QED) is 0.293. The summed E-state index contributed by atoms with van der Waals surface area (Å²) in [5, 5.41) is 4.90. The maximum absolute atomic E-state index is 13.2. The number of methoxy groups -OCH3 is 3. The summed E-state index contributed by atoms with van der Waals surface area (Å²) < 4.78 is 21.3. The molecule has 3 aromatic rings. The first-order valence-corrected chi connectivity index (χ1v) is 12.1. The maximum atomic E-state index is 13.2. The van der Waals surface area contributed by atoms with E-state index in [1.165, 1.54) is 51.7 Å². The van der Waals surface area contributed by atoms with E-state index in [1.807, 2.05) is 0 Å². The molecule has 1 saturated heterocycles. The largest absolute Gasteiger partial charge is 0.497 e. The van der Waals surface area contributed by atoms with Crippen LogP contribution in [0.25, 0.3) is 6.08 Å². The van der Waals surface area contributed by atoms with Crippen molar-refractivity contribution in [3.63, 3.8) is 0 Å². The molecule has 40 heavy (non-hydrogen) atoms. The number of nitrogens with one attached hydrogen (secondary N) is 2. The number of amides is 5. The van der Waals surface area contributed by atoms with Gasteiger partial charge in [0.15, 0.2) is 18.1 Å². The summed E-state index contributed by atoms with van der Waals surface area (Å²) >= 11 is 6.42. The van der Waals surface area contributed by atoms with Crippen LogP contribution in [0.1, 0.15) is 5.56 Å². The Balaban J connectivity index is 1.55. The molecule has 0 unspecified atom stereocenters. The van der Waals surface area contributed by atoms with E-state index < -0.39 is 30.4 Å². The number of para-hydroxylation sites is 2. The first-order valence-electron chi connectivity index (χ1n) is 11.7. The molecule has 0 saturated carbocycles. The van der Waals surface area contributed by atoms with Gasteiger partial charge < -0.3 is 24.3 Å². The van der Waals surface area contributed by atoms with Gasteiger partial charge in [0.05, 0.1) is 37.7 Å². The second kappa shape index (κ2) is 12.2. The third-order valence-electron chi connectivity index (χ3n) is 5.72. The van der Waals surface area contributed by atoms with E-state index in [2.05, 4.69) is 10.6 Å². The molecular weight excluding hydrogens is 542 g/mol. The van der Waals surface area contributed by atoms with Crippen LogP contribution in [0.3, 0.4) is 0 Å². The topological polar surface area (TPSA) is 132 Å². The fourth-order valence-corrected chi connectivity index (χ4v) is 4.10. The number of carbonyl (C=O) groups is 4. The van der Waals surface area contributed by atoms with Crippen LogP contribution in [-0.2, 0) is 14.4 Å². The maximum Gasteiger partial charge on any atom is 0.335 e. The monoisotopic (exact) mass is 565 g/mol. The number of ether oxygens (including phenoxy) is 4. The minimum Gasteiger partial charge on any atom is -0.497 e. The van der Waals surface area contributed by atoms with Crippen LogP contribution in [-0.4, -0.2) is 51.7 Å². The molecule has 12 heteroatoms. The van der Waals surface area contributed by atoms with Crippen molar-refractivity contribution in [3.8, 4) is 23.0 Å². The molecule has 0 spiro atoms. The Morgan fingerprint density at radius 1 is 0.950 bits per heavy atom. The molecule has 1 aliphatic rings. The molecule has 4 rings (SSSR count). The Morgan fingerprint density at radius 2 is 1.65 bits per heavy atom. The van der Waals surface area contributed by atoms with Gasteiger partial charge in [-0.2, -0.15) is 0 Å². The lowest BCUT2D eigenvalue weighted by molar-refractivity contribution is -0.122. The Bertz CT molecular complexity index is 1500. The summed E-state index contributed by atoms with van der Waals surface area (Å²) in [4.78, 5) is 51.5. The normalized spacial score (nSPS) is 14.1. The minimum atomic E-state index is -0.886. The predicted octanol–water partition coefficient (Wildman–Crippen LogP) is 4.05. The zero-order valence-electron chi connectivity index (χ0n) is 21.6. The Morgan fingerprint density at radius 3 is 2.33 bits per heavy atom. The summed E-state index contributed by atoms with van der Waals surface area (Å²) in [6, 6.07) is 15.1. The molecule has 0 aliphatic carbocycles. The lowest BCUT2D eigenvalue weighted by Gasteiger charge is -2.26. The minimum absolute atomic E-state index is 0.0584. The van der Waals surface area contributed by atoms with E-state index in [0.717, 1.165) is 4.90 Å². The second-order valence-electron chi connectivity index (χ2n) is 8.23. The Hall–Kier alpha value is -5.03. The number of anilines is 2. The van der Waals surface area contributed by atoms with Gasteiger partial charge in [0.1, 0.15) is 17.1 Å². The number of urea groups is 1. The van der Waals surface area contributed by atoms with Gasteiger partial charge in [-0.1, -0.05) is 23.7 Å². The molecule has 1 heterocycles. The van der Waals surface area contributed by atoms with Crippen molar-refractivity contribution in [3.05, 3.63) is 76.8 Å². The van der Waals surface area contributed by atoms with Crippen molar-refractivity contribution in [2.75, 3.05) is 38.2 Å². The smallest absolute Gasteiger partial charge is 0.335 e. The number of nitrogens with zero attached hydrogens (tertiary/aromatic N) is 1. The second-order valence-corrected chi connectivity index (χ2v) is 8.63. The van der Waals surface area contributed by atoms with Crippen LogP contribution in [0.5, 0.6) is 23.0 Å². The summed E-state index contributed by atoms with van der Waals surface area (Å²) in [5.41, 5.74) is 0.720. The summed E-state index contributed by atoms with van der Waals surface area (Å²) in [6.07, 6.45) is 1.27. The van der Waals surface area contributed by atoms with Gasteiger partial charge in [-0.05, 0) is 60.2 Å². The number of imide groups is 2. The van der Waals surface area contributed by atoms with E-state index >= 15 is 0 Å². The van der Waals surface area contributed by atoms with Crippen LogP contribution >= 0.6 is 11.6 Å². The van der Waals surface area contributed by atoms with Crippen molar-refractivity contribution in [2.24, 2.45) is 0 Å². The summed E-state index contributed by atoms with van der Waals surface area (Å²) in [5.74, 6) is -0.932. The van der Waals surface area contributed by atoms with Crippen LogP contribution in [0.2, 0.25) is 5.02 Å². The van der Waals surface area contributed by atoms with Gasteiger partial charge in [0.25, 0.3) is 17.7 Å². The van der Waals surface area contributed by atoms with E-state index in [1.54, 1.807) is 36.4 Å². The van der Waals surface area contributed by atoms with E-state index in [-0.39, 0.29) is 27.8 Å². The molecule has 1 fully saturated rings. The van der Waals surface area contributed by atoms with Crippen molar-refractivity contribution < 1.29 is 38.1 Å². The fraction of sp³-hybridized carbons (Fsp3) is 0.143. The highest BCUT2D eigenvalue weighted by molar-refractivity contribution is 6.39. The third kappa shape index (κ3) is 6.00. The Kier molecular flexibility index (Phi) is 8.55. The molecule has 0 radical (unpaired) electrons. The molecular formula is C28H24ClN3O8. The summed E-state index contributed by atoms with van der Waals surface area (Å²) in [7, 11) is 4.34. The number of halogens is 1. The predicted molar refractivity (Wildman–Crippen MR) is 147 cm³/mol. The lowest BCUT2D eigenvalue weighted by Crippen LogP contribution is -2.54. The zero-order valence-corrected chi connectivity index (χ0v) is 22.4. The standard InChI is InChI=1S/C28H24ClN3O8/c1-37-18-10-8-17(9-11-18)32-27(35)19(26(34)31-28(32)36)12-16-13-20(29)25(23(14-16)39-3)40-15-24(33)30-21-6-4-5-7-22(21)38-2/h4-14H,15H2,1-3H3,(H,30,33)(H,31,34,36)/b19-12+. The molecule has 0 bridgehead atoms. The van der Waals surface area contributed by atoms with E-state index in [0.29, 0.717) is 22.7 Å². The van der Waals surface area contributed by atoms with Gasteiger partial charge >= 0.3 is 6.03 Å². The molecule has 2 N–H and O–H groups in total. The van der Waals surface area contributed by atoms with Crippen molar-refractivity contribution in [2.45, 2.75) is 0 Å². The van der Waals surface area contributed by atoms with Crippen molar-refractivity contribution in [1.82, 2.24) is 5.32 Å². The van der Waals surface area contributed by atoms with Gasteiger partial charge in [-0.15, -0.1) is 0 Å². The molecule has 3 aromatic carbocycles. The number of barbiturate groups is 1.